The number of rotatable bonds is 4. The van der Waals surface area contributed by atoms with Crippen LogP contribution in [-0.2, 0) is 4.79 Å². The van der Waals surface area contributed by atoms with Crippen molar-refractivity contribution in [2.24, 2.45) is 5.73 Å². The quantitative estimate of drug-likeness (QED) is 0.788. The van der Waals surface area contributed by atoms with Crippen LogP contribution in [-0.4, -0.2) is 31.3 Å². The number of nitrogens with zero attached hydrogens (tertiary/aromatic N) is 4. The number of aromatic nitrogens is 4. The minimum Gasteiger partial charge on any atom is -0.410 e. The van der Waals surface area contributed by atoms with Gasteiger partial charge in [0, 0.05) is 12.4 Å². The van der Waals surface area contributed by atoms with Crippen molar-refractivity contribution in [2.75, 3.05) is 0 Å². The zero-order valence-electron chi connectivity index (χ0n) is 8.90. The summed E-state index contributed by atoms with van der Waals surface area (Å²) in [4.78, 5) is 18.8. The van der Waals surface area contributed by atoms with E-state index in [0.29, 0.717) is 5.69 Å². The first kappa shape index (κ1) is 11.5. The number of amides is 1. The largest absolute Gasteiger partial charge is 0.410 e. The minimum absolute atomic E-state index is 0.261. The van der Waals surface area contributed by atoms with Crippen LogP contribution < -0.4 is 5.73 Å². The molecule has 2 aromatic heterocycles. The van der Waals surface area contributed by atoms with E-state index in [1.807, 2.05) is 0 Å². The Morgan fingerprint density at radius 2 is 2.29 bits per heavy atom. The van der Waals surface area contributed by atoms with E-state index in [4.69, 9.17) is 10.2 Å². The molecule has 0 bridgehead atoms. The Labute approximate surface area is 101 Å². The summed E-state index contributed by atoms with van der Waals surface area (Å²) in [6.45, 7) is 1.67. The molecule has 8 heteroatoms. The molecule has 0 saturated carbocycles. The second-order valence-electron chi connectivity index (χ2n) is 3.13. The molecule has 0 aromatic carbocycles. The third-order valence-corrected chi connectivity index (χ3v) is 2.82. The van der Waals surface area contributed by atoms with Crippen molar-refractivity contribution in [3.63, 3.8) is 0 Å². The molecule has 7 nitrogen and oxygen atoms in total. The van der Waals surface area contributed by atoms with Gasteiger partial charge in [0.15, 0.2) is 0 Å². The highest BCUT2D eigenvalue weighted by molar-refractivity contribution is 8.00. The molecule has 0 aliphatic carbocycles. The number of hydrogen-bond donors (Lipinski definition) is 1. The number of nitrogens with two attached hydrogens (primary N) is 1. The maximum atomic E-state index is 10.9. The van der Waals surface area contributed by atoms with Crippen molar-refractivity contribution in [3.05, 3.63) is 18.6 Å². The molecule has 88 valence electrons. The van der Waals surface area contributed by atoms with Gasteiger partial charge in [0.2, 0.25) is 5.91 Å². The van der Waals surface area contributed by atoms with Crippen molar-refractivity contribution in [1.29, 1.82) is 0 Å². The maximum Gasteiger partial charge on any atom is 0.277 e. The molecule has 0 spiro atoms. The van der Waals surface area contributed by atoms with E-state index in [2.05, 4.69) is 20.2 Å². The lowest BCUT2D eigenvalue weighted by Crippen LogP contribution is -2.22. The Morgan fingerprint density at radius 3 is 2.94 bits per heavy atom. The normalized spacial score (nSPS) is 12.3. The van der Waals surface area contributed by atoms with Crippen LogP contribution in [0.1, 0.15) is 6.92 Å². The number of carbonyl (C=O) groups is 1. The van der Waals surface area contributed by atoms with Crippen molar-refractivity contribution in [1.82, 2.24) is 20.2 Å². The molecule has 0 radical (unpaired) electrons. The zero-order valence-corrected chi connectivity index (χ0v) is 9.72. The number of thioether (sulfide) groups is 1. The molecule has 0 aliphatic rings. The van der Waals surface area contributed by atoms with Crippen molar-refractivity contribution >= 4 is 17.7 Å². The smallest absolute Gasteiger partial charge is 0.277 e. The summed E-state index contributed by atoms with van der Waals surface area (Å²) in [5.74, 6) is -0.175. The molecule has 0 fully saturated rings. The Bertz CT molecular complexity index is 515. The Morgan fingerprint density at radius 1 is 1.47 bits per heavy atom. The van der Waals surface area contributed by atoms with Crippen molar-refractivity contribution in [3.8, 4) is 11.6 Å². The maximum absolute atomic E-state index is 10.9. The van der Waals surface area contributed by atoms with Crippen LogP contribution in [0.15, 0.2) is 28.2 Å². The van der Waals surface area contributed by atoms with Crippen LogP contribution in [0.5, 0.6) is 0 Å². The van der Waals surface area contributed by atoms with Crippen LogP contribution in [0.2, 0.25) is 0 Å². The average Bonchev–Trinajstić information content (AvgIpc) is 2.78. The molecular formula is C9H9N5O2S. The SMILES string of the molecule is C[C@H](Sc1nnc(-c2cnccn2)o1)C(N)=O. The highest BCUT2D eigenvalue weighted by atomic mass is 32.2. The van der Waals surface area contributed by atoms with E-state index in [1.54, 1.807) is 13.1 Å². The van der Waals surface area contributed by atoms with E-state index >= 15 is 0 Å². The topological polar surface area (TPSA) is 108 Å². The summed E-state index contributed by atoms with van der Waals surface area (Å²) >= 11 is 1.10. The van der Waals surface area contributed by atoms with Gasteiger partial charge in [0.05, 0.1) is 11.4 Å². The van der Waals surface area contributed by atoms with Gasteiger partial charge < -0.3 is 10.2 Å². The summed E-state index contributed by atoms with van der Waals surface area (Å²) in [6, 6.07) is 0. The van der Waals surface area contributed by atoms with Gasteiger partial charge in [-0.1, -0.05) is 11.8 Å². The number of hydrogen-bond acceptors (Lipinski definition) is 7. The summed E-state index contributed by atoms with van der Waals surface area (Å²) in [7, 11) is 0. The molecule has 2 rings (SSSR count). The lowest BCUT2D eigenvalue weighted by Gasteiger charge is -2.00. The van der Waals surface area contributed by atoms with Gasteiger partial charge in [-0.25, -0.2) is 4.98 Å². The fourth-order valence-electron chi connectivity index (χ4n) is 0.980. The Hall–Kier alpha value is -1.96. The van der Waals surface area contributed by atoms with Gasteiger partial charge in [0.1, 0.15) is 5.69 Å². The Balaban J connectivity index is 2.14. The van der Waals surface area contributed by atoms with Crippen molar-refractivity contribution < 1.29 is 9.21 Å². The van der Waals surface area contributed by atoms with E-state index in [0.717, 1.165) is 11.8 Å². The van der Waals surface area contributed by atoms with E-state index in [-0.39, 0.29) is 11.1 Å². The molecule has 0 unspecified atom stereocenters. The fourth-order valence-corrected chi connectivity index (χ4v) is 1.61. The monoisotopic (exact) mass is 251 g/mol. The van der Waals surface area contributed by atoms with Gasteiger partial charge in [-0.05, 0) is 6.92 Å². The van der Waals surface area contributed by atoms with E-state index in [1.165, 1.54) is 12.4 Å². The predicted octanol–water partition coefficient (Wildman–Crippen LogP) is 0.492. The standard InChI is InChI=1S/C9H9N5O2S/c1-5(7(10)15)17-9-14-13-8(16-9)6-4-11-2-3-12-6/h2-5H,1H3,(H2,10,15)/t5-/m0/s1. The predicted molar refractivity (Wildman–Crippen MR) is 59.8 cm³/mol. The molecule has 2 aromatic rings. The fraction of sp³-hybridized carbons (Fsp3) is 0.222. The summed E-state index contributed by atoms with van der Waals surface area (Å²) in [5, 5.41) is 7.44. The minimum atomic E-state index is -0.436. The third kappa shape index (κ3) is 2.78. The molecule has 1 amide bonds. The molecule has 1 atom stereocenters. The molecule has 17 heavy (non-hydrogen) atoms. The van der Waals surface area contributed by atoms with Crippen LogP contribution in [0, 0.1) is 0 Å². The lowest BCUT2D eigenvalue weighted by atomic mass is 10.4. The highest BCUT2D eigenvalue weighted by Gasteiger charge is 2.16. The summed E-state index contributed by atoms with van der Waals surface area (Å²) in [6.07, 6.45) is 4.59. The van der Waals surface area contributed by atoms with Crippen LogP contribution >= 0.6 is 11.8 Å². The summed E-state index contributed by atoms with van der Waals surface area (Å²) < 4.78 is 5.32. The third-order valence-electron chi connectivity index (χ3n) is 1.87. The van der Waals surface area contributed by atoms with Crippen LogP contribution in [0.4, 0.5) is 0 Å². The highest BCUT2D eigenvalue weighted by Crippen LogP contribution is 2.24. The molecule has 2 N–H and O–H groups in total. The molecular weight excluding hydrogens is 242 g/mol. The van der Waals surface area contributed by atoms with Crippen LogP contribution in [0.25, 0.3) is 11.6 Å². The summed E-state index contributed by atoms with van der Waals surface area (Å²) in [5.41, 5.74) is 5.61. The first-order chi connectivity index (χ1) is 8.16. The second kappa shape index (κ2) is 4.91. The van der Waals surface area contributed by atoms with Crippen molar-refractivity contribution in [2.45, 2.75) is 17.4 Å². The average molecular weight is 251 g/mol. The van der Waals surface area contributed by atoms with Crippen LogP contribution in [0.3, 0.4) is 0 Å². The van der Waals surface area contributed by atoms with Gasteiger partial charge in [0.25, 0.3) is 11.1 Å². The first-order valence-electron chi connectivity index (χ1n) is 4.72. The number of carbonyl (C=O) groups excluding carboxylic acids is 1. The van der Waals surface area contributed by atoms with Gasteiger partial charge in [-0.2, -0.15) is 0 Å². The molecule has 0 aliphatic heterocycles. The van der Waals surface area contributed by atoms with Gasteiger partial charge >= 0.3 is 0 Å². The van der Waals surface area contributed by atoms with Gasteiger partial charge in [-0.15, -0.1) is 10.2 Å². The Kier molecular flexibility index (Phi) is 3.33. The zero-order chi connectivity index (χ0) is 12.3. The second-order valence-corrected chi connectivity index (χ2v) is 4.42. The first-order valence-corrected chi connectivity index (χ1v) is 5.60. The molecule has 2 heterocycles. The van der Waals surface area contributed by atoms with E-state index < -0.39 is 11.2 Å². The number of primary amides is 1. The van der Waals surface area contributed by atoms with E-state index in [9.17, 15) is 4.79 Å². The van der Waals surface area contributed by atoms with Gasteiger partial charge in [-0.3, -0.25) is 9.78 Å². The lowest BCUT2D eigenvalue weighted by molar-refractivity contribution is -0.117. The molecule has 0 saturated heterocycles.